The van der Waals surface area contributed by atoms with Crippen LogP contribution < -0.4 is 0 Å². The summed E-state index contributed by atoms with van der Waals surface area (Å²) < 4.78 is 0. The lowest BCUT2D eigenvalue weighted by atomic mass is 10.0. The molecule has 1 fully saturated rings. The van der Waals surface area contributed by atoms with E-state index in [1.54, 1.807) is 0 Å². The largest absolute Gasteiger partial charge is 0.300 e. The topological polar surface area (TPSA) is 3.24 Å². The van der Waals surface area contributed by atoms with E-state index in [4.69, 9.17) is 0 Å². The van der Waals surface area contributed by atoms with Crippen LogP contribution in [-0.4, -0.2) is 29.8 Å². The molecule has 1 heterocycles. The minimum absolute atomic E-state index is 0.739. The first-order valence-electron chi connectivity index (χ1n) is 4.10. The maximum Gasteiger partial charge on any atom is 0.0100 e. The lowest BCUT2D eigenvalue weighted by Crippen LogP contribution is -2.46. The molecule has 0 aromatic heterocycles. The van der Waals surface area contributed by atoms with Crippen molar-refractivity contribution in [3.05, 3.63) is 0 Å². The molecule has 2 unspecified atom stereocenters. The van der Waals surface area contributed by atoms with Gasteiger partial charge in [-0.15, -0.1) is 0 Å². The summed E-state index contributed by atoms with van der Waals surface area (Å²) in [6.07, 6.45) is 1.39. The molecule has 0 aliphatic carbocycles. The molecule has 0 bridgehead atoms. The number of thiol groups is 1. The summed E-state index contributed by atoms with van der Waals surface area (Å²) in [5, 5.41) is 0. The molecule has 0 aromatic carbocycles. The van der Waals surface area contributed by atoms with Gasteiger partial charge in [-0.05, 0) is 38.1 Å². The quantitative estimate of drug-likeness (QED) is 0.613. The fourth-order valence-corrected chi connectivity index (χ4v) is 1.57. The highest BCUT2D eigenvalue weighted by atomic mass is 32.1. The van der Waals surface area contributed by atoms with Crippen LogP contribution in [0.3, 0.4) is 0 Å². The van der Waals surface area contributed by atoms with Crippen molar-refractivity contribution >= 4 is 12.6 Å². The monoisotopic (exact) mass is 159 g/mol. The first-order chi connectivity index (χ1) is 4.75. The van der Waals surface area contributed by atoms with Gasteiger partial charge in [-0.1, -0.05) is 6.92 Å². The van der Waals surface area contributed by atoms with Gasteiger partial charge in [0, 0.05) is 6.04 Å². The van der Waals surface area contributed by atoms with Gasteiger partial charge in [0.15, 0.2) is 0 Å². The van der Waals surface area contributed by atoms with Crippen molar-refractivity contribution in [3.8, 4) is 0 Å². The standard InChI is InChI=1S/C8H17NS/c1-7(6-10)8(2)9-4-3-5-9/h7-8,10H,3-6H2,1-2H3. The predicted octanol–water partition coefficient (Wildman–Crippen LogP) is 1.65. The van der Waals surface area contributed by atoms with E-state index in [2.05, 4.69) is 31.4 Å². The van der Waals surface area contributed by atoms with E-state index in [-0.39, 0.29) is 0 Å². The van der Waals surface area contributed by atoms with Crippen LogP contribution in [0.5, 0.6) is 0 Å². The van der Waals surface area contributed by atoms with E-state index in [1.807, 2.05) is 0 Å². The van der Waals surface area contributed by atoms with Crippen LogP contribution in [0, 0.1) is 5.92 Å². The summed E-state index contributed by atoms with van der Waals surface area (Å²) in [4.78, 5) is 2.53. The SMILES string of the molecule is CC(CS)C(C)N1CCC1. The van der Waals surface area contributed by atoms with Crippen molar-refractivity contribution in [2.45, 2.75) is 26.3 Å². The Balaban J connectivity index is 2.24. The van der Waals surface area contributed by atoms with Crippen LogP contribution in [0.4, 0.5) is 0 Å². The molecule has 2 atom stereocenters. The van der Waals surface area contributed by atoms with E-state index in [0.717, 1.165) is 17.7 Å². The third-order valence-corrected chi connectivity index (χ3v) is 3.15. The Morgan fingerprint density at radius 2 is 2.00 bits per heavy atom. The van der Waals surface area contributed by atoms with Crippen molar-refractivity contribution < 1.29 is 0 Å². The summed E-state index contributed by atoms with van der Waals surface area (Å²) in [6, 6.07) is 0.742. The van der Waals surface area contributed by atoms with Gasteiger partial charge in [0.05, 0.1) is 0 Å². The molecule has 1 nitrogen and oxygen atoms in total. The minimum atomic E-state index is 0.739. The van der Waals surface area contributed by atoms with Crippen molar-refractivity contribution in [1.82, 2.24) is 4.90 Å². The van der Waals surface area contributed by atoms with E-state index < -0.39 is 0 Å². The first-order valence-corrected chi connectivity index (χ1v) is 4.74. The average Bonchev–Trinajstić information content (AvgIpc) is 1.82. The Bertz CT molecular complexity index is 96.7. The molecule has 0 N–H and O–H groups in total. The van der Waals surface area contributed by atoms with Gasteiger partial charge in [0.1, 0.15) is 0 Å². The lowest BCUT2D eigenvalue weighted by molar-refractivity contribution is 0.101. The van der Waals surface area contributed by atoms with Crippen molar-refractivity contribution in [2.75, 3.05) is 18.8 Å². The second kappa shape index (κ2) is 3.63. The van der Waals surface area contributed by atoms with Crippen LogP contribution in [0.25, 0.3) is 0 Å². The molecule has 0 spiro atoms. The zero-order valence-corrected chi connectivity index (χ0v) is 7.77. The van der Waals surface area contributed by atoms with Gasteiger partial charge in [-0.25, -0.2) is 0 Å². The number of likely N-dealkylation sites (tertiary alicyclic amines) is 1. The normalized spacial score (nSPS) is 25.5. The van der Waals surface area contributed by atoms with Gasteiger partial charge in [0.2, 0.25) is 0 Å². The van der Waals surface area contributed by atoms with Gasteiger partial charge in [-0.3, -0.25) is 0 Å². The van der Waals surface area contributed by atoms with Crippen LogP contribution in [-0.2, 0) is 0 Å². The first kappa shape index (κ1) is 8.41. The zero-order valence-electron chi connectivity index (χ0n) is 6.88. The Hall–Kier alpha value is 0.310. The predicted molar refractivity (Wildman–Crippen MR) is 48.7 cm³/mol. The molecule has 0 saturated carbocycles. The van der Waals surface area contributed by atoms with Crippen molar-refractivity contribution in [1.29, 1.82) is 0 Å². The van der Waals surface area contributed by atoms with E-state index in [1.165, 1.54) is 19.5 Å². The van der Waals surface area contributed by atoms with E-state index in [9.17, 15) is 0 Å². The summed E-state index contributed by atoms with van der Waals surface area (Å²) >= 11 is 4.29. The summed E-state index contributed by atoms with van der Waals surface area (Å²) in [7, 11) is 0. The zero-order chi connectivity index (χ0) is 7.56. The summed E-state index contributed by atoms with van der Waals surface area (Å²) in [5.41, 5.74) is 0. The van der Waals surface area contributed by atoms with Crippen molar-refractivity contribution in [2.24, 2.45) is 5.92 Å². The Morgan fingerprint density at radius 3 is 2.30 bits per heavy atom. The highest BCUT2D eigenvalue weighted by molar-refractivity contribution is 7.80. The fourth-order valence-electron chi connectivity index (χ4n) is 1.26. The molecule has 2 heteroatoms. The smallest absolute Gasteiger partial charge is 0.0100 e. The average molecular weight is 159 g/mol. The molecule has 1 rings (SSSR count). The third-order valence-electron chi connectivity index (χ3n) is 2.58. The maximum absolute atomic E-state index is 4.29. The van der Waals surface area contributed by atoms with Gasteiger partial charge < -0.3 is 4.90 Å². The Kier molecular flexibility index (Phi) is 3.05. The van der Waals surface area contributed by atoms with Crippen LogP contribution >= 0.6 is 12.6 Å². The second-order valence-corrected chi connectivity index (χ2v) is 3.66. The Morgan fingerprint density at radius 1 is 1.40 bits per heavy atom. The highest BCUT2D eigenvalue weighted by Crippen LogP contribution is 2.17. The number of hydrogen-bond acceptors (Lipinski definition) is 2. The lowest BCUT2D eigenvalue weighted by Gasteiger charge is -2.39. The molecule has 0 aromatic rings. The molecular formula is C8H17NS. The fraction of sp³-hybridized carbons (Fsp3) is 1.00. The summed E-state index contributed by atoms with van der Waals surface area (Å²) in [6.45, 7) is 7.19. The Labute approximate surface area is 69.2 Å². The van der Waals surface area contributed by atoms with E-state index in [0.29, 0.717) is 0 Å². The maximum atomic E-state index is 4.29. The number of nitrogens with zero attached hydrogens (tertiary/aromatic N) is 1. The second-order valence-electron chi connectivity index (χ2n) is 3.29. The van der Waals surface area contributed by atoms with E-state index >= 15 is 0 Å². The number of rotatable bonds is 3. The molecule has 0 radical (unpaired) electrons. The molecular weight excluding hydrogens is 142 g/mol. The third kappa shape index (κ3) is 1.67. The minimum Gasteiger partial charge on any atom is -0.300 e. The number of hydrogen-bond donors (Lipinski definition) is 1. The van der Waals surface area contributed by atoms with Crippen molar-refractivity contribution in [3.63, 3.8) is 0 Å². The molecule has 1 saturated heterocycles. The molecule has 1 aliphatic heterocycles. The van der Waals surface area contributed by atoms with Gasteiger partial charge in [-0.2, -0.15) is 12.6 Å². The molecule has 60 valence electrons. The van der Waals surface area contributed by atoms with Crippen LogP contribution in [0.1, 0.15) is 20.3 Å². The molecule has 0 amide bonds. The summed E-state index contributed by atoms with van der Waals surface area (Å²) in [5.74, 6) is 1.75. The highest BCUT2D eigenvalue weighted by Gasteiger charge is 2.23. The van der Waals surface area contributed by atoms with Crippen LogP contribution in [0.2, 0.25) is 0 Å². The van der Waals surface area contributed by atoms with Gasteiger partial charge >= 0.3 is 0 Å². The molecule has 10 heavy (non-hydrogen) atoms. The molecule has 1 aliphatic rings. The van der Waals surface area contributed by atoms with Crippen LogP contribution in [0.15, 0.2) is 0 Å². The van der Waals surface area contributed by atoms with Gasteiger partial charge in [0.25, 0.3) is 0 Å².